The number of nitrogens with one attached hydrogen (secondary N) is 1. The molecule has 0 saturated heterocycles. The molecule has 0 radical (unpaired) electrons. The molecule has 0 aliphatic rings. The van der Waals surface area contributed by atoms with Gasteiger partial charge in [0.2, 0.25) is 5.82 Å². The van der Waals surface area contributed by atoms with Crippen molar-refractivity contribution in [2.75, 3.05) is 5.32 Å². The van der Waals surface area contributed by atoms with Crippen LogP contribution < -0.4 is 10.1 Å². The number of rotatable bonds is 7. The Bertz CT molecular complexity index is 954. The number of hydrogen-bond donors (Lipinski definition) is 1. The number of ether oxygens (including phenoxy) is 1. The van der Waals surface area contributed by atoms with Crippen molar-refractivity contribution in [2.24, 2.45) is 0 Å². The molecule has 0 atom stereocenters. The highest BCUT2D eigenvalue weighted by Crippen LogP contribution is 2.35. The summed E-state index contributed by atoms with van der Waals surface area (Å²) in [7, 11) is 0. The second kappa shape index (κ2) is 8.47. The van der Waals surface area contributed by atoms with Gasteiger partial charge in [-0.15, -0.1) is 0 Å². The van der Waals surface area contributed by atoms with Crippen LogP contribution in [0, 0.1) is 10.1 Å². The van der Waals surface area contributed by atoms with Crippen molar-refractivity contribution in [1.29, 1.82) is 0 Å². The Morgan fingerprint density at radius 3 is 2.32 bits per heavy atom. The van der Waals surface area contributed by atoms with Gasteiger partial charge in [0.1, 0.15) is 12.1 Å². The van der Waals surface area contributed by atoms with E-state index in [1.807, 2.05) is 36.4 Å². The molecule has 2 aromatic carbocycles. The predicted octanol–water partition coefficient (Wildman–Crippen LogP) is 5.61. The zero-order chi connectivity index (χ0) is 20.1. The maximum atomic E-state index is 11.7. The fourth-order valence-corrected chi connectivity index (χ4v) is 2.69. The highest BCUT2D eigenvalue weighted by Gasteiger charge is 2.25. The van der Waals surface area contributed by atoms with Crippen molar-refractivity contribution in [1.82, 2.24) is 9.97 Å². The van der Waals surface area contributed by atoms with Crippen LogP contribution in [0.25, 0.3) is 0 Å². The minimum absolute atomic E-state index is 0.0810. The molecule has 3 rings (SSSR count). The molecule has 0 amide bonds. The summed E-state index contributed by atoms with van der Waals surface area (Å²) in [5.74, 6) is 0.857. The molecule has 0 unspecified atom stereocenters. The van der Waals surface area contributed by atoms with Gasteiger partial charge in [0.25, 0.3) is 0 Å². The lowest BCUT2D eigenvalue weighted by Crippen LogP contribution is -2.03. The summed E-state index contributed by atoms with van der Waals surface area (Å²) in [4.78, 5) is 19.1. The molecule has 28 heavy (non-hydrogen) atoms. The number of aromatic nitrogens is 2. The molecular weight excluding hydrogens is 356 g/mol. The molecule has 0 saturated carbocycles. The van der Waals surface area contributed by atoms with Crippen LogP contribution in [0.1, 0.15) is 37.8 Å². The van der Waals surface area contributed by atoms with Crippen LogP contribution >= 0.6 is 0 Å². The third-order valence-corrected chi connectivity index (χ3v) is 4.36. The van der Waals surface area contributed by atoms with Crippen molar-refractivity contribution in [3.05, 3.63) is 76.1 Å². The molecule has 7 heteroatoms. The SMILES string of the molecule is CCc1ccc(Oc2ncnc(Nc3ccc(C(C)C)cc3)c2[N+](=O)[O-])cc1. The molecule has 0 aliphatic heterocycles. The second-order valence-corrected chi connectivity index (χ2v) is 6.63. The Morgan fingerprint density at radius 1 is 1.07 bits per heavy atom. The lowest BCUT2D eigenvalue weighted by Gasteiger charge is -2.11. The highest BCUT2D eigenvalue weighted by atomic mass is 16.6. The molecule has 1 heterocycles. The van der Waals surface area contributed by atoms with E-state index in [2.05, 4.69) is 36.1 Å². The first-order valence-electron chi connectivity index (χ1n) is 9.11. The Kier molecular flexibility index (Phi) is 5.84. The largest absolute Gasteiger partial charge is 0.434 e. The van der Waals surface area contributed by atoms with Crippen LogP contribution in [0.2, 0.25) is 0 Å². The van der Waals surface area contributed by atoms with Crippen molar-refractivity contribution >= 4 is 17.2 Å². The smallest absolute Gasteiger partial charge is 0.373 e. The second-order valence-electron chi connectivity index (χ2n) is 6.63. The summed E-state index contributed by atoms with van der Waals surface area (Å²) < 4.78 is 5.67. The quantitative estimate of drug-likeness (QED) is 0.425. The maximum absolute atomic E-state index is 11.7. The Balaban J connectivity index is 1.89. The molecule has 3 aromatic rings. The van der Waals surface area contributed by atoms with Crippen molar-refractivity contribution in [3.8, 4) is 11.6 Å². The summed E-state index contributed by atoms with van der Waals surface area (Å²) in [6, 6.07) is 15.1. The van der Waals surface area contributed by atoms with Gasteiger partial charge in [0, 0.05) is 5.69 Å². The number of hydrogen-bond acceptors (Lipinski definition) is 6. The molecule has 7 nitrogen and oxygen atoms in total. The average Bonchev–Trinajstić information content (AvgIpc) is 2.69. The van der Waals surface area contributed by atoms with Crippen LogP contribution in [0.15, 0.2) is 54.9 Å². The first kappa shape index (κ1) is 19.3. The molecular formula is C21H22N4O3. The van der Waals surface area contributed by atoms with Crippen LogP contribution in [-0.4, -0.2) is 14.9 Å². The molecule has 0 fully saturated rings. The van der Waals surface area contributed by atoms with Crippen LogP contribution in [0.5, 0.6) is 11.6 Å². The van der Waals surface area contributed by atoms with Gasteiger partial charge in [-0.1, -0.05) is 45.0 Å². The number of nitrogens with zero attached hydrogens (tertiary/aromatic N) is 3. The summed E-state index contributed by atoms with van der Waals surface area (Å²) >= 11 is 0. The van der Waals surface area contributed by atoms with Gasteiger partial charge in [0.05, 0.1) is 4.92 Å². The zero-order valence-electron chi connectivity index (χ0n) is 16.0. The van der Waals surface area contributed by atoms with E-state index >= 15 is 0 Å². The number of benzene rings is 2. The predicted molar refractivity (Wildman–Crippen MR) is 108 cm³/mol. The van der Waals surface area contributed by atoms with Crippen molar-refractivity contribution in [3.63, 3.8) is 0 Å². The first-order chi connectivity index (χ1) is 13.5. The van der Waals surface area contributed by atoms with Crippen LogP contribution in [0.4, 0.5) is 17.2 Å². The molecule has 0 aliphatic carbocycles. The summed E-state index contributed by atoms with van der Waals surface area (Å²) in [5.41, 5.74) is 2.72. The van der Waals surface area contributed by atoms with Gasteiger partial charge < -0.3 is 10.1 Å². The van der Waals surface area contributed by atoms with Crippen molar-refractivity contribution < 1.29 is 9.66 Å². The van der Waals surface area contributed by atoms with E-state index < -0.39 is 4.92 Å². The van der Waals surface area contributed by atoms with E-state index in [1.165, 1.54) is 11.9 Å². The summed E-state index contributed by atoms with van der Waals surface area (Å²) in [5, 5.41) is 14.7. The molecule has 1 aromatic heterocycles. The zero-order valence-corrected chi connectivity index (χ0v) is 16.0. The van der Waals surface area contributed by atoms with Crippen molar-refractivity contribution in [2.45, 2.75) is 33.1 Å². The summed E-state index contributed by atoms with van der Waals surface area (Å²) in [6.45, 7) is 6.26. The third kappa shape index (κ3) is 4.43. The van der Waals surface area contributed by atoms with E-state index in [-0.39, 0.29) is 17.4 Å². The van der Waals surface area contributed by atoms with Gasteiger partial charge in [-0.05, 0) is 47.7 Å². The Morgan fingerprint density at radius 2 is 1.75 bits per heavy atom. The normalized spacial score (nSPS) is 10.7. The first-order valence-corrected chi connectivity index (χ1v) is 9.11. The number of nitro groups is 1. The third-order valence-electron chi connectivity index (χ3n) is 4.36. The monoisotopic (exact) mass is 378 g/mol. The lowest BCUT2D eigenvalue weighted by atomic mass is 10.0. The average molecular weight is 378 g/mol. The number of aryl methyl sites for hydroxylation is 1. The fraction of sp³-hybridized carbons (Fsp3) is 0.238. The molecule has 0 bridgehead atoms. The minimum Gasteiger partial charge on any atom is -0.434 e. The molecule has 0 spiro atoms. The standard InChI is InChI=1S/C21H22N4O3/c1-4-15-5-11-18(12-6-15)28-21-19(25(26)27)20(22-13-23-21)24-17-9-7-16(8-10-17)14(2)3/h5-14H,4H2,1-3H3,(H,22,23,24). The van der Waals surface area contributed by atoms with Gasteiger partial charge in [-0.2, -0.15) is 4.98 Å². The molecule has 144 valence electrons. The van der Waals surface area contributed by atoms with Gasteiger partial charge >= 0.3 is 11.6 Å². The van der Waals surface area contributed by atoms with E-state index in [1.54, 1.807) is 12.1 Å². The Labute approximate surface area is 163 Å². The lowest BCUT2D eigenvalue weighted by molar-refractivity contribution is -0.385. The van der Waals surface area contributed by atoms with E-state index in [0.29, 0.717) is 17.4 Å². The fourth-order valence-electron chi connectivity index (χ4n) is 2.69. The number of anilines is 2. The molecule has 1 N–H and O–H groups in total. The van der Waals surface area contributed by atoms with Gasteiger partial charge in [-0.25, -0.2) is 4.98 Å². The van der Waals surface area contributed by atoms with Gasteiger partial charge in [0.15, 0.2) is 0 Å². The maximum Gasteiger partial charge on any atom is 0.373 e. The van der Waals surface area contributed by atoms with Gasteiger partial charge in [-0.3, -0.25) is 10.1 Å². The van der Waals surface area contributed by atoms with E-state index in [9.17, 15) is 10.1 Å². The van der Waals surface area contributed by atoms with E-state index in [4.69, 9.17) is 4.74 Å². The van der Waals surface area contributed by atoms with E-state index in [0.717, 1.165) is 12.0 Å². The summed E-state index contributed by atoms with van der Waals surface area (Å²) in [6.07, 6.45) is 2.14. The van der Waals surface area contributed by atoms with Crippen LogP contribution in [0.3, 0.4) is 0 Å². The topological polar surface area (TPSA) is 90.2 Å². The highest BCUT2D eigenvalue weighted by molar-refractivity contribution is 5.68. The van der Waals surface area contributed by atoms with Crippen LogP contribution in [-0.2, 0) is 6.42 Å². The Hall–Kier alpha value is -3.48. The minimum atomic E-state index is -0.541.